The van der Waals surface area contributed by atoms with E-state index >= 15 is 0 Å². The third kappa shape index (κ3) is 4.64. The first-order chi connectivity index (χ1) is 11.1. The largest absolute Gasteiger partial charge is 0.494 e. The van der Waals surface area contributed by atoms with Crippen molar-refractivity contribution in [2.45, 2.75) is 20.0 Å². The first kappa shape index (κ1) is 16.7. The van der Waals surface area contributed by atoms with Gasteiger partial charge >= 0.3 is 0 Å². The van der Waals surface area contributed by atoms with E-state index in [1.165, 1.54) is 0 Å². The highest BCUT2D eigenvalue weighted by Crippen LogP contribution is 2.27. The number of nitrogens with one attached hydrogen (secondary N) is 1. The molecule has 0 aliphatic heterocycles. The smallest absolute Gasteiger partial charge is 0.265 e. The second kappa shape index (κ2) is 8.08. The van der Waals surface area contributed by atoms with Gasteiger partial charge in [0.05, 0.1) is 13.7 Å². The molecule has 1 unspecified atom stereocenters. The summed E-state index contributed by atoms with van der Waals surface area (Å²) in [7, 11) is 1.56. The predicted molar refractivity (Wildman–Crippen MR) is 89.3 cm³/mol. The summed E-state index contributed by atoms with van der Waals surface area (Å²) in [5.74, 6) is 1.65. The molecule has 5 nitrogen and oxygen atoms in total. The monoisotopic (exact) mass is 315 g/mol. The highest BCUT2D eigenvalue weighted by Gasteiger charge is 2.16. The molecule has 2 aromatic rings. The van der Waals surface area contributed by atoms with Crippen molar-refractivity contribution in [3.63, 3.8) is 0 Å². The zero-order valence-electron chi connectivity index (χ0n) is 13.5. The average molecular weight is 315 g/mol. The van der Waals surface area contributed by atoms with Gasteiger partial charge in [-0.3, -0.25) is 4.79 Å². The van der Waals surface area contributed by atoms with E-state index in [0.717, 1.165) is 5.75 Å². The number of hydrogen-bond donors (Lipinski definition) is 1. The summed E-state index contributed by atoms with van der Waals surface area (Å²) < 4.78 is 16.2. The van der Waals surface area contributed by atoms with Crippen molar-refractivity contribution >= 4 is 11.6 Å². The van der Waals surface area contributed by atoms with Crippen LogP contribution in [-0.2, 0) is 4.79 Å². The third-order valence-corrected chi connectivity index (χ3v) is 3.17. The Morgan fingerprint density at radius 1 is 1.09 bits per heavy atom. The molecule has 0 heterocycles. The Kier molecular flexibility index (Phi) is 5.86. The highest BCUT2D eigenvalue weighted by atomic mass is 16.5. The van der Waals surface area contributed by atoms with Gasteiger partial charge in [0.25, 0.3) is 5.91 Å². The van der Waals surface area contributed by atoms with Crippen LogP contribution in [0.4, 0.5) is 5.69 Å². The summed E-state index contributed by atoms with van der Waals surface area (Å²) in [5.41, 5.74) is 0.689. The fourth-order valence-corrected chi connectivity index (χ4v) is 2.01. The van der Waals surface area contributed by atoms with Gasteiger partial charge in [0, 0.05) is 5.69 Å². The summed E-state index contributed by atoms with van der Waals surface area (Å²) >= 11 is 0. The van der Waals surface area contributed by atoms with Crippen LogP contribution in [0, 0.1) is 0 Å². The van der Waals surface area contributed by atoms with Gasteiger partial charge in [-0.05, 0) is 50.2 Å². The summed E-state index contributed by atoms with van der Waals surface area (Å²) in [4.78, 5) is 12.2. The molecule has 1 N–H and O–H groups in total. The molecule has 0 saturated heterocycles. The fraction of sp³-hybridized carbons (Fsp3) is 0.278. The zero-order chi connectivity index (χ0) is 16.7. The van der Waals surface area contributed by atoms with Gasteiger partial charge in [-0.25, -0.2) is 0 Å². The van der Waals surface area contributed by atoms with Crippen molar-refractivity contribution in [1.82, 2.24) is 0 Å². The minimum absolute atomic E-state index is 0.236. The second-order valence-electron chi connectivity index (χ2n) is 4.86. The van der Waals surface area contributed by atoms with E-state index in [0.29, 0.717) is 23.8 Å². The summed E-state index contributed by atoms with van der Waals surface area (Å²) in [6, 6.07) is 14.4. The summed E-state index contributed by atoms with van der Waals surface area (Å²) in [6.07, 6.45) is -0.655. The molecule has 0 saturated carbocycles. The van der Waals surface area contributed by atoms with Crippen molar-refractivity contribution in [2.75, 3.05) is 19.0 Å². The van der Waals surface area contributed by atoms with Crippen LogP contribution in [0.5, 0.6) is 17.2 Å². The van der Waals surface area contributed by atoms with Crippen molar-refractivity contribution in [3.05, 3.63) is 48.5 Å². The lowest BCUT2D eigenvalue weighted by molar-refractivity contribution is -0.122. The van der Waals surface area contributed by atoms with E-state index in [-0.39, 0.29) is 5.91 Å². The Morgan fingerprint density at radius 2 is 1.74 bits per heavy atom. The lowest BCUT2D eigenvalue weighted by atomic mass is 10.2. The van der Waals surface area contributed by atoms with Crippen LogP contribution in [0.1, 0.15) is 13.8 Å². The molecule has 1 atom stereocenters. The maximum atomic E-state index is 12.2. The van der Waals surface area contributed by atoms with Gasteiger partial charge in [-0.15, -0.1) is 0 Å². The Hall–Kier alpha value is -2.69. The van der Waals surface area contributed by atoms with E-state index in [1.54, 1.807) is 38.3 Å². The van der Waals surface area contributed by atoms with Crippen LogP contribution in [0.2, 0.25) is 0 Å². The SMILES string of the molecule is CCOc1ccc(NC(=O)C(C)Oc2ccccc2OC)cc1. The van der Waals surface area contributed by atoms with Crippen molar-refractivity contribution in [3.8, 4) is 17.2 Å². The second-order valence-corrected chi connectivity index (χ2v) is 4.86. The number of para-hydroxylation sites is 2. The van der Waals surface area contributed by atoms with Gasteiger partial charge in [0.2, 0.25) is 0 Å². The van der Waals surface area contributed by atoms with Crippen LogP contribution >= 0.6 is 0 Å². The molecule has 0 aromatic heterocycles. The van der Waals surface area contributed by atoms with Crippen LogP contribution in [0.15, 0.2) is 48.5 Å². The maximum absolute atomic E-state index is 12.2. The van der Waals surface area contributed by atoms with Crippen molar-refractivity contribution in [2.24, 2.45) is 0 Å². The van der Waals surface area contributed by atoms with E-state index in [1.807, 2.05) is 31.2 Å². The van der Waals surface area contributed by atoms with E-state index < -0.39 is 6.10 Å². The topological polar surface area (TPSA) is 56.8 Å². The van der Waals surface area contributed by atoms with Gasteiger partial charge in [-0.1, -0.05) is 12.1 Å². The van der Waals surface area contributed by atoms with Gasteiger partial charge in [0.15, 0.2) is 17.6 Å². The Morgan fingerprint density at radius 3 is 2.35 bits per heavy atom. The highest BCUT2D eigenvalue weighted by molar-refractivity contribution is 5.94. The fourth-order valence-electron chi connectivity index (χ4n) is 2.01. The molecule has 122 valence electrons. The molecule has 23 heavy (non-hydrogen) atoms. The molecule has 2 rings (SSSR count). The normalized spacial score (nSPS) is 11.4. The van der Waals surface area contributed by atoms with Gasteiger partial charge in [0.1, 0.15) is 5.75 Å². The van der Waals surface area contributed by atoms with Gasteiger partial charge < -0.3 is 19.5 Å². The standard InChI is InChI=1S/C18H21NO4/c1-4-22-15-11-9-14(10-12-15)19-18(20)13(2)23-17-8-6-5-7-16(17)21-3/h5-13H,4H2,1-3H3,(H,19,20). The number of rotatable bonds is 7. The number of carbonyl (C=O) groups excluding carboxylic acids is 1. The average Bonchev–Trinajstić information content (AvgIpc) is 2.57. The molecule has 2 aromatic carbocycles. The Bertz CT molecular complexity index is 640. The molecule has 5 heteroatoms. The van der Waals surface area contributed by atoms with E-state index in [9.17, 15) is 4.79 Å². The maximum Gasteiger partial charge on any atom is 0.265 e. The minimum Gasteiger partial charge on any atom is -0.494 e. The molecule has 0 aliphatic carbocycles. The predicted octanol–water partition coefficient (Wildman–Crippen LogP) is 3.50. The number of methoxy groups -OCH3 is 1. The van der Waals surface area contributed by atoms with Crippen LogP contribution in [-0.4, -0.2) is 25.7 Å². The van der Waals surface area contributed by atoms with Gasteiger partial charge in [-0.2, -0.15) is 0 Å². The zero-order valence-corrected chi connectivity index (χ0v) is 13.5. The molecule has 0 aliphatic rings. The molecule has 1 amide bonds. The number of anilines is 1. The Labute approximate surface area is 136 Å². The molecular formula is C18H21NO4. The Balaban J connectivity index is 1.97. The van der Waals surface area contributed by atoms with Crippen molar-refractivity contribution in [1.29, 1.82) is 0 Å². The van der Waals surface area contributed by atoms with E-state index in [4.69, 9.17) is 14.2 Å². The lowest BCUT2D eigenvalue weighted by Crippen LogP contribution is -2.30. The lowest BCUT2D eigenvalue weighted by Gasteiger charge is -2.16. The summed E-state index contributed by atoms with van der Waals surface area (Å²) in [5, 5.41) is 2.81. The quantitative estimate of drug-likeness (QED) is 0.849. The molecule has 0 radical (unpaired) electrons. The summed E-state index contributed by atoms with van der Waals surface area (Å²) in [6.45, 7) is 4.22. The number of amides is 1. The number of carbonyl (C=O) groups is 1. The third-order valence-electron chi connectivity index (χ3n) is 3.17. The minimum atomic E-state index is -0.655. The van der Waals surface area contributed by atoms with Crippen molar-refractivity contribution < 1.29 is 19.0 Å². The number of hydrogen-bond acceptors (Lipinski definition) is 4. The first-order valence-electron chi connectivity index (χ1n) is 7.47. The molecule has 0 bridgehead atoms. The molecular weight excluding hydrogens is 294 g/mol. The molecule has 0 fully saturated rings. The van der Waals surface area contributed by atoms with Crippen LogP contribution in [0.3, 0.4) is 0 Å². The molecule has 0 spiro atoms. The number of ether oxygens (including phenoxy) is 3. The van der Waals surface area contributed by atoms with Crippen LogP contribution < -0.4 is 19.5 Å². The van der Waals surface area contributed by atoms with Crippen LogP contribution in [0.25, 0.3) is 0 Å². The first-order valence-corrected chi connectivity index (χ1v) is 7.47. The van der Waals surface area contributed by atoms with E-state index in [2.05, 4.69) is 5.32 Å². The number of benzene rings is 2.